The van der Waals surface area contributed by atoms with E-state index in [1.807, 2.05) is 0 Å². The molecule has 2 heterocycles. The van der Waals surface area contributed by atoms with E-state index < -0.39 is 6.04 Å². The van der Waals surface area contributed by atoms with Crippen molar-refractivity contribution in [3.8, 4) is 0 Å². The Morgan fingerprint density at radius 1 is 1.65 bits per heavy atom. The highest BCUT2D eigenvalue weighted by Gasteiger charge is 2.21. The van der Waals surface area contributed by atoms with Gasteiger partial charge in [-0.1, -0.05) is 0 Å². The molecule has 1 aromatic rings. The molecule has 1 unspecified atom stereocenters. The highest BCUT2D eigenvalue weighted by Crippen LogP contribution is 2.11. The number of carbonyl (C=O) groups excluding carboxylic acids is 1. The maximum absolute atomic E-state index is 11.9. The fourth-order valence-corrected chi connectivity index (χ4v) is 1.89. The van der Waals surface area contributed by atoms with Crippen molar-refractivity contribution in [3.05, 3.63) is 18.0 Å². The lowest BCUT2D eigenvalue weighted by atomic mass is 10.1. The van der Waals surface area contributed by atoms with Crippen LogP contribution in [0.4, 0.5) is 0 Å². The molecular weight excluding hydrogens is 220 g/mol. The molecule has 0 bridgehead atoms. The smallest absolute Gasteiger partial charge is 0.241 e. The van der Waals surface area contributed by atoms with E-state index in [1.54, 1.807) is 24.1 Å². The number of aryl methyl sites for hydroxylation is 1. The summed E-state index contributed by atoms with van der Waals surface area (Å²) < 4.78 is 6.87. The van der Waals surface area contributed by atoms with E-state index in [0.717, 1.165) is 18.4 Å². The van der Waals surface area contributed by atoms with E-state index in [1.165, 1.54) is 0 Å². The van der Waals surface area contributed by atoms with Crippen molar-refractivity contribution in [3.63, 3.8) is 0 Å². The minimum Gasteiger partial charge on any atom is -0.381 e. The van der Waals surface area contributed by atoms with E-state index in [2.05, 4.69) is 10.4 Å². The van der Waals surface area contributed by atoms with Crippen LogP contribution in [0.5, 0.6) is 0 Å². The maximum Gasteiger partial charge on any atom is 0.241 e. The van der Waals surface area contributed by atoms with Gasteiger partial charge in [-0.15, -0.1) is 0 Å². The highest BCUT2D eigenvalue weighted by atomic mass is 16.5. The number of nitrogens with zero attached hydrogens (tertiary/aromatic N) is 2. The van der Waals surface area contributed by atoms with Crippen LogP contribution < -0.4 is 11.1 Å². The van der Waals surface area contributed by atoms with Gasteiger partial charge in [0.1, 0.15) is 6.04 Å². The van der Waals surface area contributed by atoms with Gasteiger partial charge in [0.2, 0.25) is 5.91 Å². The molecule has 0 spiro atoms. The van der Waals surface area contributed by atoms with Gasteiger partial charge in [-0.05, 0) is 12.8 Å². The Hall–Kier alpha value is -1.40. The van der Waals surface area contributed by atoms with E-state index in [0.29, 0.717) is 13.2 Å². The second-order valence-electron chi connectivity index (χ2n) is 4.32. The number of carbonyl (C=O) groups is 1. The summed E-state index contributed by atoms with van der Waals surface area (Å²) >= 11 is 0. The molecule has 1 atom stereocenters. The van der Waals surface area contributed by atoms with E-state index >= 15 is 0 Å². The summed E-state index contributed by atoms with van der Waals surface area (Å²) in [7, 11) is 1.80. The predicted octanol–water partition coefficient (Wildman–Crippen LogP) is -0.285. The summed E-state index contributed by atoms with van der Waals surface area (Å²) in [6.07, 6.45) is 5.08. The van der Waals surface area contributed by atoms with Crippen molar-refractivity contribution in [2.45, 2.75) is 24.9 Å². The zero-order valence-corrected chi connectivity index (χ0v) is 9.93. The SMILES string of the molecule is Cn1cc(C(N)C(=O)NC2CCOCC2)cn1. The predicted molar refractivity (Wildman–Crippen MR) is 62.1 cm³/mol. The van der Waals surface area contributed by atoms with Crippen molar-refractivity contribution in [2.24, 2.45) is 12.8 Å². The maximum atomic E-state index is 11.9. The van der Waals surface area contributed by atoms with Crippen LogP contribution in [0.25, 0.3) is 0 Å². The van der Waals surface area contributed by atoms with Crippen LogP contribution in [0.1, 0.15) is 24.4 Å². The molecule has 17 heavy (non-hydrogen) atoms. The Balaban J connectivity index is 1.90. The van der Waals surface area contributed by atoms with Gasteiger partial charge in [-0.3, -0.25) is 9.48 Å². The summed E-state index contributed by atoms with van der Waals surface area (Å²) in [6.45, 7) is 1.40. The summed E-state index contributed by atoms with van der Waals surface area (Å²) in [4.78, 5) is 11.9. The van der Waals surface area contributed by atoms with E-state index in [-0.39, 0.29) is 11.9 Å². The lowest BCUT2D eigenvalue weighted by molar-refractivity contribution is -0.123. The van der Waals surface area contributed by atoms with Gasteiger partial charge in [0.05, 0.1) is 6.20 Å². The zero-order chi connectivity index (χ0) is 12.3. The minimum atomic E-state index is -0.647. The molecule has 1 aliphatic heterocycles. The largest absolute Gasteiger partial charge is 0.381 e. The number of hydrogen-bond donors (Lipinski definition) is 2. The Labute approximate surface area is 100 Å². The summed E-state index contributed by atoms with van der Waals surface area (Å²) in [5, 5.41) is 6.95. The Bertz CT molecular complexity index is 385. The minimum absolute atomic E-state index is 0.148. The summed E-state index contributed by atoms with van der Waals surface area (Å²) in [6, 6.07) is -0.467. The molecule has 2 rings (SSSR count). The normalized spacial score (nSPS) is 18.9. The first kappa shape index (κ1) is 12.1. The van der Waals surface area contributed by atoms with Crippen molar-refractivity contribution in [2.75, 3.05) is 13.2 Å². The fourth-order valence-electron chi connectivity index (χ4n) is 1.89. The van der Waals surface area contributed by atoms with Gasteiger partial charge < -0.3 is 15.8 Å². The van der Waals surface area contributed by atoms with Crippen LogP contribution in [0.2, 0.25) is 0 Å². The third-order valence-electron chi connectivity index (χ3n) is 2.93. The van der Waals surface area contributed by atoms with Crippen molar-refractivity contribution >= 4 is 5.91 Å². The Morgan fingerprint density at radius 2 is 2.35 bits per heavy atom. The molecule has 6 nitrogen and oxygen atoms in total. The van der Waals surface area contributed by atoms with Gasteiger partial charge in [0, 0.05) is 38.1 Å². The molecule has 0 aromatic carbocycles. The molecular formula is C11H18N4O2. The molecule has 0 radical (unpaired) electrons. The molecule has 3 N–H and O–H groups in total. The number of ether oxygens (including phenoxy) is 1. The average molecular weight is 238 g/mol. The van der Waals surface area contributed by atoms with Crippen LogP contribution in [0.15, 0.2) is 12.4 Å². The second kappa shape index (κ2) is 5.29. The first-order chi connectivity index (χ1) is 8.16. The third-order valence-corrected chi connectivity index (χ3v) is 2.93. The van der Waals surface area contributed by atoms with E-state index in [9.17, 15) is 4.79 Å². The Kier molecular flexibility index (Phi) is 3.75. The average Bonchev–Trinajstić information content (AvgIpc) is 2.76. The van der Waals surface area contributed by atoms with Gasteiger partial charge in [-0.2, -0.15) is 5.10 Å². The number of rotatable bonds is 3. The molecule has 0 aliphatic carbocycles. The van der Waals surface area contributed by atoms with E-state index in [4.69, 9.17) is 10.5 Å². The first-order valence-electron chi connectivity index (χ1n) is 5.79. The topological polar surface area (TPSA) is 82.2 Å². The quantitative estimate of drug-likeness (QED) is 0.758. The van der Waals surface area contributed by atoms with Crippen molar-refractivity contribution < 1.29 is 9.53 Å². The molecule has 1 saturated heterocycles. The number of hydrogen-bond acceptors (Lipinski definition) is 4. The standard InChI is InChI=1S/C11H18N4O2/c1-15-7-8(6-13-15)10(12)11(16)14-9-2-4-17-5-3-9/h6-7,9-10H,2-5,12H2,1H3,(H,14,16). The Morgan fingerprint density at radius 3 is 2.94 bits per heavy atom. The molecule has 1 amide bonds. The lowest BCUT2D eigenvalue weighted by Gasteiger charge is -2.24. The fraction of sp³-hybridized carbons (Fsp3) is 0.636. The van der Waals surface area contributed by atoms with Crippen molar-refractivity contribution in [1.82, 2.24) is 15.1 Å². The number of aromatic nitrogens is 2. The molecule has 6 heteroatoms. The van der Waals surface area contributed by atoms with Crippen LogP contribution >= 0.6 is 0 Å². The van der Waals surface area contributed by atoms with Gasteiger partial charge in [0.15, 0.2) is 0 Å². The number of amides is 1. The van der Waals surface area contributed by atoms with Crippen LogP contribution in [-0.4, -0.2) is 34.9 Å². The summed E-state index contributed by atoms with van der Waals surface area (Å²) in [5.74, 6) is -0.148. The molecule has 1 aliphatic rings. The third kappa shape index (κ3) is 3.04. The summed E-state index contributed by atoms with van der Waals surface area (Å²) in [5.41, 5.74) is 6.61. The lowest BCUT2D eigenvalue weighted by Crippen LogP contribution is -2.43. The van der Waals surface area contributed by atoms with Crippen LogP contribution in [0.3, 0.4) is 0 Å². The molecule has 0 saturated carbocycles. The van der Waals surface area contributed by atoms with Gasteiger partial charge in [0.25, 0.3) is 0 Å². The molecule has 1 aromatic heterocycles. The monoisotopic (exact) mass is 238 g/mol. The molecule has 94 valence electrons. The van der Waals surface area contributed by atoms with Crippen LogP contribution in [0, 0.1) is 0 Å². The second-order valence-corrected chi connectivity index (χ2v) is 4.32. The van der Waals surface area contributed by atoms with Crippen molar-refractivity contribution in [1.29, 1.82) is 0 Å². The number of nitrogens with two attached hydrogens (primary N) is 1. The highest BCUT2D eigenvalue weighted by molar-refractivity contribution is 5.83. The van der Waals surface area contributed by atoms with Gasteiger partial charge >= 0.3 is 0 Å². The zero-order valence-electron chi connectivity index (χ0n) is 9.93. The van der Waals surface area contributed by atoms with Crippen LogP contribution in [-0.2, 0) is 16.6 Å². The molecule has 1 fully saturated rings. The number of nitrogens with one attached hydrogen (secondary N) is 1. The van der Waals surface area contributed by atoms with Gasteiger partial charge in [-0.25, -0.2) is 0 Å². The first-order valence-corrected chi connectivity index (χ1v) is 5.79.